The average Bonchev–Trinajstić information content (AvgIpc) is 2.91. The van der Waals surface area contributed by atoms with Crippen LogP contribution in [0.25, 0.3) is 11.3 Å². The van der Waals surface area contributed by atoms with E-state index in [1.807, 2.05) is 0 Å². The van der Waals surface area contributed by atoms with Crippen molar-refractivity contribution < 1.29 is 23.8 Å². The van der Waals surface area contributed by atoms with E-state index < -0.39 is 17.4 Å². The molecule has 1 aromatic carbocycles. The van der Waals surface area contributed by atoms with Gasteiger partial charge in [0.15, 0.2) is 0 Å². The standard InChI is InChI=1S/C15H13BrFNO4S/c1-3-21-14(19)13-18-11-7-4-8(16)9(17)5-10(7)22-6-15(2,20)12(11)23-13/h4-5,20H,3,6H2,1-2H3. The first-order chi connectivity index (χ1) is 10.8. The van der Waals surface area contributed by atoms with Gasteiger partial charge >= 0.3 is 5.97 Å². The predicted molar refractivity (Wildman–Crippen MR) is 86.2 cm³/mol. The van der Waals surface area contributed by atoms with Crippen molar-refractivity contribution >= 4 is 33.2 Å². The fourth-order valence-corrected chi connectivity index (χ4v) is 3.61. The van der Waals surface area contributed by atoms with Crippen molar-refractivity contribution in [2.75, 3.05) is 13.2 Å². The first-order valence-electron chi connectivity index (χ1n) is 6.86. The molecule has 1 N–H and O–H groups in total. The van der Waals surface area contributed by atoms with Crippen LogP contribution in [-0.4, -0.2) is 29.3 Å². The van der Waals surface area contributed by atoms with Crippen LogP contribution in [0, 0.1) is 5.82 Å². The Balaban J connectivity index is 2.21. The van der Waals surface area contributed by atoms with Crippen molar-refractivity contribution in [3.05, 3.63) is 32.3 Å². The van der Waals surface area contributed by atoms with Gasteiger partial charge in [-0.2, -0.15) is 0 Å². The van der Waals surface area contributed by atoms with Crippen molar-refractivity contribution in [2.45, 2.75) is 19.4 Å². The number of aliphatic hydroxyl groups is 1. The monoisotopic (exact) mass is 401 g/mol. The highest BCUT2D eigenvalue weighted by Gasteiger charge is 2.37. The number of nitrogens with zero attached hydrogens (tertiary/aromatic N) is 1. The van der Waals surface area contributed by atoms with E-state index in [9.17, 15) is 14.3 Å². The number of esters is 1. The van der Waals surface area contributed by atoms with Crippen molar-refractivity contribution in [1.82, 2.24) is 4.98 Å². The van der Waals surface area contributed by atoms with Crippen LogP contribution >= 0.6 is 27.3 Å². The lowest BCUT2D eigenvalue weighted by Gasteiger charge is -2.19. The molecule has 0 radical (unpaired) electrons. The number of benzene rings is 1. The summed E-state index contributed by atoms with van der Waals surface area (Å²) in [6.45, 7) is 3.43. The average molecular weight is 402 g/mol. The molecule has 1 unspecified atom stereocenters. The smallest absolute Gasteiger partial charge is 0.367 e. The Labute approximate surface area is 144 Å². The second-order valence-electron chi connectivity index (χ2n) is 5.24. The highest BCUT2D eigenvalue weighted by atomic mass is 79.9. The van der Waals surface area contributed by atoms with Gasteiger partial charge in [0, 0.05) is 11.6 Å². The second-order valence-corrected chi connectivity index (χ2v) is 7.10. The van der Waals surface area contributed by atoms with E-state index in [0.717, 1.165) is 11.3 Å². The predicted octanol–water partition coefficient (Wildman–Crippen LogP) is 3.49. The molecule has 0 bridgehead atoms. The number of hydrogen-bond donors (Lipinski definition) is 1. The minimum absolute atomic E-state index is 0.0709. The quantitative estimate of drug-likeness (QED) is 0.779. The molecular weight excluding hydrogens is 389 g/mol. The maximum Gasteiger partial charge on any atom is 0.367 e. The molecule has 122 valence electrons. The van der Waals surface area contributed by atoms with Crippen LogP contribution in [0.15, 0.2) is 16.6 Å². The zero-order valence-electron chi connectivity index (χ0n) is 12.4. The first-order valence-corrected chi connectivity index (χ1v) is 8.47. The van der Waals surface area contributed by atoms with E-state index in [2.05, 4.69) is 20.9 Å². The molecule has 2 aromatic rings. The molecule has 23 heavy (non-hydrogen) atoms. The topological polar surface area (TPSA) is 68.7 Å². The van der Waals surface area contributed by atoms with Gasteiger partial charge in [-0.1, -0.05) is 0 Å². The summed E-state index contributed by atoms with van der Waals surface area (Å²) in [6, 6.07) is 2.76. The summed E-state index contributed by atoms with van der Waals surface area (Å²) in [7, 11) is 0. The van der Waals surface area contributed by atoms with Crippen molar-refractivity contribution in [3.8, 4) is 17.0 Å². The van der Waals surface area contributed by atoms with Gasteiger partial charge in [-0.15, -0.1) is 11.3 Å². The number of hydrogen-bond acceptors (Lipinski definition) is 6. The molecule has 1 aliphatic heterocycles. The van der Waals surface area contributed by atoms with Gasteiger partial charge in [0.1, 0.15) is 23.8 Å². The number of rotatable bonds is 2. The summed E-state index contributed by atoms with van der Waals surface area (Å²) < 4.78 is 24.5. The molecule has 5 nitrogen and oxygen atoms in total. The van der Waals surface area contributed by atoms with Gasteiger partial charge in [0.05, 0.1) is 21.7 Å². The third-order valence-corrected chi connectivity index (χ3v) is 5.25. The third-order valence-electron chi connectivity index (χ3n) is 3.35. The SMILES string of the molecule is CCOC(=O)c1nc2c(s1)C(C)(O)COc1cc(F)c(Br)cc1-2. The zero-order chi connectivity index (χ0) is 16.8. The normalized spacial score (nSPS) is 19.3. The molecular formula is C15H13BrFNO4S. The highest BCUT2D eigenvalue weighted by molar-refractivity contribution is 9.10. The maximum atomic E-state index is 13.8. The summed E-state index contributed by atoms with van der Waals surface area (Å²) in [5, 5.41) is 10.8. The molecule has 1 aliphatic rings. The van der Waals surface area contributed by atoms with Gasteiger partial charge in [0.25, 0.3) is 0 Å². The van der Waals surface area contributed by atoms with Gasteiger partial charge in [-0.3, -0.25) is 0 Å². The highest BCUT2D eigenvalue weighted by Crippen LogP contribution is 2.44. The molecule has 0 amide bonds. The number of carbonyl (C=O) groups excluding carboxylic acids is 1. The van der Waals surface area contributed by atoms with Gasteiger partial charge in [-0.25, -0.2) is 14.2 Å². The summed E-state index contributed by atoms with van der Waals surface area (Å²) in [5.41, 5.74) is -0.436. The molecule has 2 heterocycles. The van der Waals surface area contributed by atoms with Crippen molar-refractivity contribution in [3.63, 3.8) is 0 Å². The molecule has 8 heteroatoms. The van der Waals surface area contributed by atoms with Gasteiger partial charge < -0.3 is 14.6 Å². The number of carbonyl (C=O) groups is 1. The summed E-state index contributed by atoms with van der Waals surface area (Å²) in [4.78, 5) is 16.7. The molecule has 0 spiro atoms. The lowest BCUT2D eigenvalue weighted by molar-refractivity contribution is 0.0131. The molecule has 1 aromatic heterocycles. The fourth-order valence-electron chi connectivity index (χ4n) is 2.26. The number of ether oxygens (including phenoxy) is 2. The second kappa shape index (κ2) is 5.85. The van der Waals surface area contributed by atoms with E-state index in [4.69, 9.17) is 9.47 Å². The summed E-state index contributed by atoms with van der Waals surface area (Å²) in [6.07, 6.45) is 0. The van der Waals surface area contributed by atoms with Crippen LogP contribution in [0.1, 0.15) is 28.5 Å². The van der Waals surface area contributed by atoms with Crippen LogP contribution < -0.4 is 4.74 Å². The fraction of sp³-hybridized carbons (Fsp3) is 0.333. The van der Waals surface area contributed by atoms with Crippen LogP contribution in [0.4, 0.5) is 4.39 Å². The molecule has 0 fully saturated rings. The Morgan fingerprint density at radius 1 is 1.61 bits per heavy atom. The number of thiazole rings is 1. The summed E-state index contributed by atoms with van der Waals surface area (Å²) in [5.74, 6) is -0.761. The van der Waals surface area contributed by atoms with Crippen LogP contribution in [0.5, 0.6) is 5.75 Å². The van der Waals surface area contributed by atoms with E-state index in [1.54, 1.807) is 13.8 Å². The van der Waals surface area contributed by atoms with Crippen LogP contribution in [0.3, 0.4) is 0 Å². The molecule has 1 atom stereocenters. The molecule has 0 saturated heterocycles. The number of fused-ring (bicyclic) bond motifs is 3. The minimum Gasteiger partial charge on any atom is -0.489 e. The van der Waals surface area contributed by atoms with Crippen molar-refractivity contribution in [1.29, 1.82) is 0 Å². The molecule has 0 saturated carbocycles. The van der Waals surface area contributed by atoms with E-state index in [-0.39, 0.29) is 28.4 Å². The molecule has 3 rings (SSSR count). The largest absolute Gasteiger partial charge is 0.489 e. The van der Waals surface area contributed by atoms with E-state index >= 15 is 0 Å². The van der Waals surface area contributed by atoms with Gasteiger partial charge in [-0.05, 0) is 35.8 Å². The zero-order valence-corrected chi connectivity index (χ0v) is 14.8. The Morgan fingerprint density at radius 3 is 3.04 bits per heavy atom. The Morgan fingerprint density at radius 2 is 2.35 bits per heavy atom. The Hall–Kier alpha value is -1.51. The number of aromatic nitrogens is 1. The Bertz CT molecular complexity index is 790. The first kappa shape index (κ1) is 16.4. The van der Waals surface area contributed by atoms with E-state index in [1.165, 1.54) is 12.1 Å². The number of halogens is 2. The van der Waals surface area contributed by atoms with Crippen LogP contribution in [-0.2, 0) is 10.3 Å². The minimum atomic E-state index is -1.35. The lowest BCUT2D eigenvalue weighted by Crippen LogP contribution is -2.27. The Kier molecular flexibility index (Phi) is 4.16. The van der Waals surface area contributed by atoms with Gasteiger partial charge in [0.2, 0.25) is 5.01 Å². The van der Waals surface area contributed by atoms with Crippen LogP contribution in [0.2, 0.25) is 0 Å². The maximum absolute atomic E-state index is 13.8. The molecule has 0 aliphatic carbocycles. The lowest BCUT2D eigenvalue weighted by atomic mass is 10.0. The van der Waals surface area contributed by atoms with E-state index in [0.29, 0.717) is 16.1 Å². The van der Waals surface area contributed by atoms with Crippen molar-refractivity contribution in [2.24, 2.45) is 0 Å². The third kappa shape index (κ3) is 2.86. The summed E-state index contributed by atoms with van der Waals surface area (Å²) >= 11 is 4.18.